The topological polar surface area (TPSA) is 71.5 Å². The van der Waals surface area contributed by atoms with Crippen LogP contribution in [0, 0.1) is 6.92 Å². The number of rotatable bonds is 5. The van der Waals surface area contributed by atoms with Gasteiger partial charge in [-0.1, -0.05) is 30.3 Å². The molecule has 0 atom stereocenters. The van der Waals surface area contributed by atoms with E-state index in [-0.39, 0.29) is 19.1 Å². The minimum absolute atomic E-state index is 0.0910. The van der Waals surface area contributed by atoms with Crippen LogP contribution in [0.25, 0.3) is 0 Å². The highest BCUT2D eigenvalue weighted by Crippen LogP contribution is 2.14. The molecule has 2 amide bonds. The maximum absolute atomic E-state index is 11.8. The highest BCUT2D eigenvalue weighted by molar-refractivity contribution is 7.13. The van der Waals surface area contributed by atoms with Crippen molar-refractivity contribution in [2.75, 3.05) is 18.9 Å². The zero-order valence-electron chi connectivity index (χ0n) is 12.4. The summed E-state index contributed by atoms with van der Waals surface area (Å²) < 4.78 is 5.14. The summed E-state index contributed by atoms with van der Waals surface area (Å²) in [5.41, 5.74) is 1.74. The van der Waals surface area contributed by atoms with E-state index in [1.54, 1.807) is 0 Å². The number of aromatic nitrogens is 1. The van der Waals surface area contributed by atoms with Crippen molar-refractivity contribution in [2.45, 2.75) is 13.5 Å². The Hall–Kier alpha value is -2.41. The summed E-state index contributed by atoms with van der Waals surface area (Å²) in [6, 6.07) is 9.37. The SMILES string of the molecule is Cc1csc(NC(=O)CN(C)C(=O)OCc2ccccc2)n1. The number of carbonyl (C=O) groups is 2. The lowest BCUT2D eigenvalue weighted by atomic mass is 10.2. The number of aryl methyl sites for hydroxylation is 1. The van der Waals surface area contributed by atoms with Crippen LogP contribution in [-0.2, 0) is 16.1 Å². The normalized spacial score (nSPS) is 10.1. The summed E-state index contributed by atoms with van der Waals surface area (Å²) in [6.07, 6.45) is -0.547. The first-order chi connectivity index (χ1) is 10.5. The highest BCUT2D eigenvalue weighted by atomic mass is 32.1. The van der Waals surface area contributed by atoms with E-state index in [0.29, 0.717) is 5.13 Å². The highest BCUT2D eigenvalue weighted by Gasteiger charge is 2.15. The fraction of sp³-hybridized carbons (Fsp3) is 0.267. The first-order valence-corrected chi connectivity index (χ1v) is 7.56. The van der Waals surface area contributed by atoms with E-state index in [2.05, 4.69) is 10.3 Å². The van der Waals surface area contributed by atoms with Gasteiger partial charge in [-0.3, -0.25) is 4.79 Å². The lowest BCUT2D eigenvalue weighted by Gasteiger charge is -2.16. The Balaban J connectivity index is 1.77. The number of carbonyl (C=O) groups excluding carboxylic acids is 2. The molecular formula is C15H17N3O3S. The van der Waals surface area contributed by atoms with E-state index in [1.807, 2.05) is 42.6 Å². The van der Waals surface area contributed by atoms with Gasteiger partial charge >= 0.3 is 6.09 Å². The predicted molar refractivity (Wildman–Crippen MR) is 84.7 cm³/mol. The molecule has 0 fully saturated rings. The molecule has 1 N–H and O–H groups in total. The molecule has 2 aromatic rings. The van der Waals surface area contributed by atoms with Crippen LogP contribution in [0.5, 0.6) is 0 Å². The smallest absolute Gasteiger partial charge is 0.410 e. The fourth-order valence-electron chi connectivity index (χ4n) is 1.68. The van der Waals surface area contributed by atoms with Gasteiger partial charge in [-0.25, -0.2) is 9.78 Å². The van der Waals surface area contributed by atoms with Gasteiger partial charge in [0.25, 0.3) is 0 Å². The van der Waals surface area contributed by atoms with Crippen molar-refractivity contribution in [1.82, 2.24) is 9.88 Å². The van der Waals surface area contributed by atoms with Crippen molar-refractivity contribution in [3.63, 3.8) is 0 Å². The van der Waals surface area contributed by atoms with Crippen LogP contribution in [-0.4, -0.2) is 35.5 Å². The molecule has 0 radical (unpaired) electrons. The van der Waals surface area contributed by atoms with Gasteiger partial charge in [-0.05, 0) is 12.5 Å². The molecule has 0 saturated heterocycles. The average molecular weight is 319 g/mol. The largest absolute Gasteiger partial charge is 0.445 e. The lowest BCUT2D eigenvalue weighted by Crippen LogP contribution is -2.35. The molecule has 6 nitrogen and oxygen atoms in total. The second kappa shape index (κ2) is 7.56. The maximum atomic E-state index is 11.8. The number of nitrogens with zero attached hydrogens (tertiary/aromatic N) is 2. The Bertz CT molecular complexity index is 642. The van der Waals surface area contributed by atoms with Crippen LogP contribution < -0.4 is 5.32 Å². The van der Waals surface area contributed by atoms with Crippen LogP contribution in [0.1, 0.15) is 11.3 Å². The molecule has 7 heteroatoms. The Morgan fingerprint density at radius 1 is 1.32 bits per heavy atom. The molecule has 0 aliphatic rings. The Morgan fingerprint density at radius 2 is 2.05 bits per heavy atom. The third kappa shape index (κ3) is 4.85. The minimum atomic E-state index is -0.547. The molecular weight excluding hydrogens is 302 g/mol. The summed E-state index contributed by atoms with van der Waals surface area (Å²) in [6.45, 7) is 1.93. The molecule has 0 saturated carbocycles. The monoisotopic (exact) mass is 319 g/mol. The third-order valence-corrected chi connectivity index (χ3v) is 3.64. The molecule has 0 bridgehead atoms. The Kier molecular flexibility index (Phi) is 5.48. The Morgan fingerprint density at radius 3 is 2.68 bits per heavy atom. The van der Waals surface area contributed by atoms with Crippen LogP contribution in [0.4, 0.5) is 9.93 Å². The molecule has 1 aromatic heterocycles. The Labute approximate surface area is 132 Å². The van der Waals surface area contributed by atoms with Gasteiger partial charge in [0.05, 0.1) is 5.69 Å². The molecule has 0 spiro atoms. The van der Waals surface area contributed by atoms with E-state index in [1.165, 1.54) is 23.3 Å². The van der Waals surface area contributed by atoms with Crippen molar-refractivity contribution in [2.24, 2.45) is 0 Å². The molecule has 1 aromatic carbocycles. The quantitative estimate of drug-likeness (QED) is 0.919. The van der Waals surface area contributed by atoms with Gasteiger partial charge in [0.15, 0.2) is 5.13 Å². The van der Waals surface area contributed by atoms with Gasteiger partial charge in [-0.2, -0.15) is 0 Å². The fourth-order valence-corrected chi connectivity index (χ4v) is 2.38. The first kappa shape index (κ1) is 16.0. The van der Waals surface area contributed by atoms with Gasteiger partial charge in [0.2, 0.25) is 5.91 Å². The number of hydrogen-bond acceptors (Lipinski definition) is 5. The number of anilines is 1. The second-order valence-electron chi connectivity index (χ2n) is 4.74. The molecule has 0 aliphatic carbocycles. The number of nitrogens with one attached hydrogen (secondary N) is 1. The van der Waals surface area contributed by atoms with E-state index in [0.717, 1.165) is 11.3 Å². The van der Waals surface area contributed by atoms with Crippen molar-refractivity contribution in [3.8, 4) is 0 Å². The average Bonchev–Trinajstić information content (AvgIpc) is 2.90. The molecule has 116 valence electrons. The second-order valence-corrected chi connectivity index (χ2v) is 5.60. The van der Waals surface area contributed by atoms with Crippen LogP contribution >= 0.6 is 11.3 Å². The van der Waals surface area contributed by atoms with Crippen LogP contribution in [0.3, 0.4) is 0 Å². The zero-order valence-corrected chi connectivity index (χ0v) is 13.2. The number of thiazole rings is 1. The number of hydrogen-bond donors (Lipinski definition) is 1. The summed E-state index contributed by atoms with van der Waals surface area (Å²) in [7, 11) is 1.51. The maximum Gasteiger partial charge on any atom is 0.410 e. The predicted octanol–water partition coefficient (Wildman–Crippen LogP) is 2.66. The standard InChI is InChI=1S/C15H17N3O3S/c1-11-10-22-14(16-11)17-13(19)8-18(2)15(20)21-9-12-6-4-3-5-7-12/h3-7,10H,8-9H2,1-2H3,(H,16,17,19). The number of likely N-dealkylation sites (N-methyl/N-ethyl adjacent to an activating group) is 1. The molecule has 1 heterocycles. The summed E-state index contributed by atoms with van der Waals surface area (Å²) in [5.74, 6) is -0.312. The third-order valence-electron chi connectivity index (χ3n) is 2.76. The molecule has 2 rings (SSSR count). The van der Waals surface area contributed by atoms with Crippen LogP contribution in [0.2, 0.25) is 0 Å². The number of amides is 2. The summed E-state index contributed by atoms with van der Waals surface area (Å²) in [4.78, 5) is 29.0. The minimum Gasteiger partial charge on any atom is -0.445 e. The van der Waals surface area contributed by atoms with Gasteiger partial charge in [0.1, 0.15) is 13.2 Å². The zero-order chi connectivity index (χ0) is 15.9. The van der Waals surface area contributed by atoms with Crippen molar-refractivity contribution < 1.29 is 14.3 Å². The van der Waals surface area contributed by atoms with Crippen molar-refractivity contribution in [3.05, 3.63) is 47.0 Å². The van der Waals surface area contributed by atoms with Gasteiger partial charge in [-0.15, -0.1) is 11.3 Å². The van der Waals surface area contributed by atoms with E-state index >= 15 is 0 Å². The van der Waals surface area contributed by atoms with Crippen LogP contribution in [0.15, 0.2) is 35.7 Å². The number of ether oxygens (including phenoxy) is 1. The van der Waals surface area contributed by atoms with Gasteiger partial charge < -0.3 is 15.0 Å². The summed E-state index contributed by atoms with van der Waals surface area (Å²) in [5, 5.41) is 5.00. The first-order valence-electron chi connectivity index (χ1n) is 6.68. The molecule has 22 heavy (non-hydrogen) atoms. The van der Waals surface area contributed by atoms with E-state index < -0.39 is 6.09 Å². The van der Waals surface area contributed by atoms with Crippen molar-refractivity contribution >= 4 is 28.5 Å². The van der Waals surface area contributed by atoms with E-state index in [4.69, 9.17) is 4.74 Å². The molecule has 0 aliphatic heterocycles. The lowest BCUT2D eigenvalue weighted by molar-refractivity contribution is -0.116. The number of benzene rings is 1. The van der Waals surface area contributed by atoms with Gasteiger partial charge in [0, 0.05) is 12.4 Å². The summed E-state index contributed by atoms with van der Waals surface area (Å²) >= 11 is 1.34. The van der Waals surface area contributed by atoms with Crippen molar-refractivity contribution in [1.29, 1.82) is 0 Å². The molecule has 0 unspecified atom stereocenters. The van der Waals surface area contributed by atoms with E-state index in [9.17, 15) is 9.59 Å².